The third-order valence-corrected chi connectivity index (χ3v) is 26.0. The van der Waals surface area contributed by atoms with Crippen LogP contribution in [0.2, 0.25) is 0 Å². The Labute approximate surface area is 853 Å². The smallest absolute Gasteiger partial charge is 0.321 e. The molecule has 147 heavy (non-hydrogen) atoms. The number of methoxy groups -OCH3 is 4. The number of hydrogen-bond acceptors (Lipinski definition) is 27. The largest absolute Gasteiger partial charge is 0.497 e. The summed E-state index contributed by atoms with van der Waals surface area (Å²) in [5.74, 6) is 4.83. The van der Waals surface area contributed by atoms with E-state index in [-0.39, 0.29) is 47.3 Å². The molecule has 43 heteroatoms. The van der Waals surface area contributed by atoms with E-state index >= 15 is 0 Å². The molecule has 6 aliphatic heterocycles. The molecule has 17 heterocycles. The Kier molecular flexibility index (Phi) is 43.4. The van der Waals surface area contributed by atoms with Crippen LogP contribution >= 0.6 is 0 Å². The standard InChI is InChI=1S/C19H26N4O2.C18H25N5O2.C17H21F2N5O2.2C17H23N5O2.C16H20FN5O/c1-14(8-11-23-9-3-4-10-23)19(24)20-18-13-17(21-22-18)15-6-5-7-16(12-15)25-2;1-13(7-10-23-8-3-4-9-23)18(24)20-16-11-15(21-22-16)14-5-6-17(25-2)19-12-14;18-17(19)24-11-12(5-6-16(24)26)13-10-14(22-21-13)20-15(25)4-3-9-23-7-1-2-8-23;1-24-17-7-6-13(12-18-17)14-11-15(21-20-14)19-16(23)5-4-10-22-8-2-3-9-22;1-24-14-9-13(11-18-12-14)15-10-16(21-20-15)19-17(23)5-4-8-22-6-2-3-7-22;17-13-8-12(10-18-11-13)14-9-15(21-20-14)19-16(23)4-3-7-22-5-1-2-6-22/h5-7,12-14H,3-4,8-11H2,1-2H3,(H2,20,21,22,24);5-6,11-13H,3-4,7-10H2,1-2H3,(H2,20,21,22,24);5-6,10-11,17H,1-4,7-9H2,(H2,20,21,22,25);6-7,11-12H,2-5,8-10H2,1H3,(H2,19,20,21,23);9-12H,2-8H2,1H3,(H2,19,20,21,23);8-11H,1-7H2,(H2,19,20,21,23). The molecule has 18 rings (SSSR count). The van der Waals surface area contributed by atoms with Crippen molar-refractivity contribution in [2.75, 3.05) is 178 Å². The van der Waals surface area contributed by atoms with Crippen molar-refractivity contribution in [2.24, 2.45) is 11.8 Å². The highest BCUT2D eigenvalue weighted by atomic mass is 19.3. The number of nitrogens with zero attached hydrogens (tertiary/aromatic N) is 17. The minimum Gasteiger partial charge on any atom is -0.497 e. The summed E-state index contributed by atoms with van der Waals surface area (Å²) >= 11 is 0. The number of benzene rings is 1. The van der Waals surface area contributed by atoms with E-state index in [2.05, 4.69) is 142 Å². The van der Waals surface area contributed by atoms with Gasteiger partial charge in [-0.25, -0.2) is 14.4 Å². The van der Waals surface area contributed by atoms with Crippen LogP contribution < -0.4 is 56.4 Å². The fourth-order valence-corrected chi connectivity index (χ4v) is 17.6. The third-order valence-electron chi connectivity index (χ3n) is 26.0. The van der Waals surface area contributed by atoms with Gasteiger partial charge in [-0.1, -0.05) is 26.0 Å². The number of aromatic nitrogens is 17. The van der Waals surface area contributed by atoms with E-state index in [9.17, 15) is 46.7 Å². The molecule has 786 valence electrons. The minimum absolute atomic E-state index is 0.0000952. The average molecular weight is 2030 g/mol. The summed E-state index contributed by atoms with van der Waals surface area (Å²) in [4.78, 5) is 115. The van der Waals surface area contributed by atoms with E-state index in [4.69, 9.17) is 18.9 Å². The molecule has 0 aliphatic carbocycles. The second-order valence-electron chi connectivity index (χ2n) is 37.1. The molecule has 6 saturated heterocycles. The van der Waals surface area contributed by atoms with E-state index in [1.807, 2.05) is 74.5 Å². The van der Waals surface area contributed by atoms with Crippen molar-refractivity contribution in [2.45, 2.75) is 162 Å². The van der Waals surface area contributed by atoms with Crippen LogP contribution in [0.15, 0.2) is 157 Å². The van der Waals surface area contributed by atoms with Gasteiger partial charge in [0.05, 0.1) is 75.0 Å². The summed E-state index contributed by atoms with van der Waals surface area (Å²) in [5, 5.41) is 58.7. The van der Waals surface area contributed by atoms with E-state index < -0.39 is 17.9 Å². The molecule has 0 saturated carbocycles. The zero-order valence-electron chi connectivity index (χ0n) is 84.7. The van der Waals surface area contributed by atoms with Gasteiger partial charge in [0.15, 0.2) is 34.9 Å². The highest BCUT2D eigenvalue weighted by molar-refractivity contribution is 5.94. The minimum atomic E-state index is -2.92. The number of likely N-dealkylation sites (tertiary alicyclic amines) is 6. The van der Waals surface area contributed by atoms with Crippen LogP contribution in [0, 0.1) is 17.7 Å². The van der Waals surface area contributed by atoms with E-state index in [1.165, 1.54) is 122 Å². The summed E-state index contributed by atoms with van der Waals surface area (Å²) in [6, 6.07) is 31.3. The molecule has 6 fully saturated rings. The second kappa shape index (κ2) is 58.1. The number of halogens is 3. The summed E-state index contributed by atoms with van der Waals surface area (Å²) < 4.78 is 59.6. The lowest BCUT2D eigenvalue weighted by atomic mass is 10.1. The highest BCUT2D eigenvalue weighted by Gasteiger charge is 2.25. The number of nitrogens with one attached hydrogen (secondary N) is 12. The van der Waals surface area contributed by atoms with Gasteiger partial charge >= 0.3 is 6.55 Å². The van der Waals surface area contributed by atoms with Crippen molar-refractivity contribution >= 4 is 70.4 Å². The van der Waals surface area contributed by atoms with E-state index in [0.29, 0.717) is 105 Å². The van der Waals surface area contributed by atoms with Gasteiger partial charge in [0.2, 0.25) is 47.2 Å². The van der Waals surface area contributed by atoms with Gasteiger partial charge in [-0.3, -0.25) is 78.7 Å². The third kappa shape index (κ3) is 36.3. The van der Waals surface area contributed by atoms with Crippen LogP contribution in [-0.4, -0.2) is 297 Å². The predicted octanol–water partition coefficient (Wildman–Crippen LogP) is 15.1. The Morgan fingerprint density at radius 2 is 0.653 bits per heavy atom. The molecule has 2 atom stereocenters. The first-order valence-electron chi connectivity index (χ1n) is 50.8. The molecule has 0 bridgehead atoms. The summed E-state index contributed by atoms with van der Waals surface area (Å²) in [7, 11) is 6.40. The number of rotatable bonds is 41. The van der Waals surface area contributed by atoms with Gasteiger partial charge in [-0.05, 0) is 276 Å². The highest BCUT2D eigenvalue weighted by Crippen LogP contribution is 2.31. The molecular formula is C104H138F3N29O11. The van der Waals surface area contributed by atoms with Gasteiger partial charge < -0.3 is 80.2 Å². The zero-order chi connectivity index (χ0) is 103. The average Bonchev–Trinajstić information content (AvgIpc) is 1.72. The SMILES string of the molecule is COc1ccc(-c2cc(NC(=O)C(C)CCN3CCCC3)n[nH]2)cn1.COc1ccc(-c2cc(NC(=O)CCCN3CCCC3)n[nH]2)cn1.COc1cccc(-c2cc(NC(=O)C(C)CCN3CCCC3)n[nH]2)c1.COc1cncc(-c2cc(NC(=O)CCCN3CCCC3)n[nH]2)c1.O=C(CCCN1CCCC1)Nc1cc(-c2ccc(=O)n(C(F)F)c2)[nH]n1.O=C(CCCN1CCCC1)Nc1cc(-c2cncc(F)c2)[nH]n1. The number of amides is 6. The quantitative estimate of drug-likeness (QED) is 0.0169. The van der Waals surface area contributed by atoms with Crippen LogP contribution in [0.4, 0.5) is 48.1 Å². The molecule has 2 unspecified atom stereocenters. The Balaban J connectivity index is 0.000000147. The molecule has 0 radical (unpaired) electrons. The first kappa shape index (κ1) is 110. The van der Waals surface area contributed by atoms with Crippen LogP contribution in [0.25, 0.3) is 67.5 Å². The lowest BCUT2D eigenvalue weighted by molar-refractivity contribution is -0.120. The number of aromatic amines is 6. The predicted molar refractivity (Wildman–Crippen MR) is 557 cm³/mol. The normalized spacial score (nSPS) is 15.2. The number of alkyl halides is 2. The number of hydrogen-bond donors (Lipinski definition) is 12. The maximum absolute atomic E-state index is 13.2. The van der Waals surface area contributed by atoms with Crippen LogP contribution in [0.5, 0.6) is 23.3 Å². The van der Waals surface area contributed by atoms with Crippen molar-refractivity contribution in [1.82, 2.24) is 115 Å². The lowest BCUT2D eigenvalue weighted by Gasteiger charge is -2.17. The monoisotopic (exact) mass is 2030 g/mol. The van der Waals surface area contributed by atoms with Crippen molar-refractivity contribution in [3.8, 4) is 90.8 Å². The fraction of sp³-hybridized carbons (Fsp3) is 0.471. The van der Waals surface area contributed by atoms with Gasteiger partial charge in [0, 0.05) is 156 Å². The van der Waals surface area contributed by atoms with Crippen LogP contribution in [0.1, 0.15) is 162 Å². The van der Waals surface area contributed by atoms with Gasteiger partial charge in [0.1, 0.15) is 17.3 Å². The van der Waals surface area contributed by atoms with Crippen molar-refractivity contribution in [3.05, 3.63) is 169 Å². The molecule has 12 aromatic rings. The number of H-pyrrole nitrogens is 6. The molecule has 6 aliphatic rings. The molecule has 1 aromatic carbocycles. The number of carbonyl (C=O) groups excluding carboxylic acids is 6. The zero-order valence-corrected chi connectivity index (χ0v) is 84.7. The van der Waals surface area contributed by atoms with E-state index in [0.717, 1.165) is 199 Å². The Bertz CT molecular complexity index is 6110. The Hall–Kier alpha value is -14.4. The molecule has 0 spiro atoms. The maximum Gasteiger partial charge on any atom is 0.321 e. The van der Waals surface area contributed by atoms with Gasteiger partial charge in [0.25, 0.3) is 5.56 Å². The molecule has 40 nitrogen and oxygen atoms in total. The Morgan fingerprint density at radius 1 is 0.340 bits per heavy atom. The maximum atomic E-state index is 13.2. The molecule has 11 aromatic heterocycles. The molecule has 6 amide bonds. The van der Waals surface area contributed by atoms with Crippen molar-refractivity contribution in [3.63, 3.8) is 0 Å². The number of pyridine rings is 5. The molecule has 12 N–H and O–H groups in total. The number of anilines is 6. The topological polar surface area (TPSA) is 477 Å². The van der Waals surface area contributed by atoms with Crippen LogP contribution in [-0.2, 0) is 28.8 Å². The number of ether oxygens (including phenoxy) is 4. The summed E-state index contributed by atoms with van der Waals surface area (Å²) in [6.45, 7) is 20.7. The van der Waals surface area contributed by atoms with Crippen molar-refractivity contribution in [1.29, 1.82) is 0 Å². The number of carbonyl (C=O) groups is 6. The first-order chi connectivity index (χ1) is 71.5. The molecular weight excluding hydrogens is 1890 g/mol. The lowest BCUT2D eigenvalue weighted by Crippen LogP contribution is -2.27. The van der Waals surface area contributed by atoms with Crippen molar-refractivity contribution < 1.29 is 60.9 Å². The first-order valence-corrected chi connectivity index (χ1v) is 50.8. The van der Waals surface area contributed by atoms with Gasteiger partial charge in [-0.2, -0.15) is 39.4 Å². The van der Waals surface area contributed by atoms with E-state index in [1.54, 1.807) is 83.6 Å². The second-order valence-corrected chi connectivity index (χ2v) is 37.1. The van der Waals surface area contributed by atoms with Gasteiger partial charge in [-0.15, -0.1) is 0 Å². The fourth-order valence-electron chi connectivity index (χ4n) is 17.6. The Morgan fingerprint density at radius 3 is 0.986 bits per heavy atom. The van der Waals surface area contributed by atoms with Crippen LogP contribution in [0.3, 0.4) is 0 Å². The summed E-state index contributed by atoms with van der Waals surface area (Å²) in [5.41, 5.74) is 8.07. The summed E-state index contributed by atoms with van der Waals surface area (Å²) in [6.07, 6.45) is 32.7.